The maximum atomic E-state index is 11.2. The van der Waals surface area contributed by atoms with Crippen LogP contribution in [-0.2, 0) is 13.9 Å². The third-order valence-electron chi connectivity index (χ3n) is 2.62. The van der Waals surface area contributed by atoms with Crippen molar-refractivity contribution in [1.29, 1.82) is 0 Å². The standard InChI is InChI=1S/C9H14ClNO3/c1-13-9(12)8-4-2-7(3-5-8)6-11-14-10/h6-8H,2-5H2,1H3/b11-6+. The number of ether oxygens (including phenoxy) is 1. The van der Waals surface area contributed by atoms with Gasteiger partial charge in [0.15, 0.2) is 11.9 Å². The molecule has 1 aliphatic carbocycles. The van der Waals surface area contributed by atoms with E-state index in [0.717, 1.165) is 25.7 Å². The minimum absolute atomic E-state index is 0.0570. The molecule has 0 atom stereocenters. The number of methoxy groups -OCH3 is 1. The van der Waals surface area contributed by atoms with Crippen LogP contribution in [0.2, 0.25) is 0 Å². The highest BCUT2D eigenvalue weighted by atomic mass is 35.5. The van der Waals surface area contributed by atoms with E-state index < -0.39 is 0 Å². The van der Waals surface area contributed by atoms with Gasteiger partial charge < -0.3 is 4.74 Å². The molecule has 0 aromatic heterocycles. The quantitative estimate of drug-likeness (QED) is 0.415. The van der Waals surface area contributed by atoms with Crippen LogP contribution in [0.3, 0.4) is 0 Å². The molecule has 1 aliphatic rings. The van der Waals surface area contributed by atoms with E-state index in [1.165, 1.54) is 7.11 Å². The van der Waals surface area contributed by atoms with Crippen LogP contribution in [0.5, 0.6) is 0 Å². The first-order valence-corrected chi connectivity index (χ1v) is 4.98. The van der Waals surface area contributed by atoms with E-state index in [9.17, 15) is 4.79 Å². The number of halogens is 1. The number of carbonyl (C=O) groups is 1. The fraction of sp³-hybridized carbons (Fsp3) is 0.778. The van der Waals surface area contributed by atoms with Crippen LogP contribution in [-0.4, -0.2) is 19.3 Å². The average Bonchev–Trinajstić information content (AvgIpc) is 2.26. The van der Waals surface area contributed by atoms with E-state index in [0.29, 0.717) is 5.92 Å². The topological polar surface area (TPSA) is 47.9 Å². The Morgan fingerprint density at radius 2 is 2.07 bits per heavy atom. The zero-order chi connectivity index (χ0) is 10.4. The molecule has 0 heterocycles. The Kier molecular flexibility index (Phi) is 4.73. The van der Waals surface area contributed by atoms with Crippen LogP contribution in [0.25, 0.3) is 0 Å². The maximum absolute atomic E-state index is 11.2. The van der Waals surface area contributed by atoms with Crippen molar-refractivity contribution >= 4 is 24.0 Å². The van der Waals surface area contributed by atoms with E-state index >= 15 is 0 Å². The predicted molar refractivity (Wildman–Crippen MR) is 52.9 cm³/mol. The minimum atomic E-state index is -0.103. The van der Waals surface area contributed by atoms with Gasteiger partial charge >= 0.3 is 5.97 Å². The molecule has 1 rings (SSSR count). The van der Waals surface area contributed by atoms with E-state index in [-0.39, 0.29) is 11.9 Å². The first kappa shape index (κ1) is 11.3. The second-order valence-electron chi connectivity index (χ2n) is 3.46. The summed E-state index contributed by atoms with van der Waals surface area (Å²) in [5.74, 6) is 0.324. The predicted octanol–water partition coefficient (Wildman–Crippen LogP) is 2.12. The number of carbonyl (C=O) groups excluding carboxylic acids is 1. The lowest BCUT2D eigenvalue weighted by atomic mass is 9.83. The number of esters is 1. The molecule has 1 saturated carbocycles. The average molecular weight is 220 g/mol. The van der Waals surface area contributed by atoms with Crippen molar-refractivity contribution in [3.8, 4) is 0 Å². The lowest BCUT2D eigenvalue weighted by molar-refractivity contribution is -0.146. The molecule has 4 nitrogen and oxygen atoms in total. The van der Waals surface area contributed by atoms with Gasteiger partial charge in [0, 0.05) is 6.21 Å². The monoisotopic (exact) mass is 219 g/mol. The summed E-state index contributed by atoms with van der Waals surface area (Å²) in [4.78, 5) is 11.2. The Hall–Kier alpha value is -0.770. The van der Waals surface area contributed by atoms with Crippen LogP contribution in [0.4, 0.5) is 0 Å². The van der Waals surface area contributed by atoms with Crippen molar-refractivity contribution in [2.45, 2.75) is 25.7 Å². The highest BCUT2D eigenvalue weighted by molar-refractivity contribution is 6.07. The van der Waals surface area contributed by atoms with Crippen LogP contribution in [0, 0.1) is 11.8 Å². The van der Waals surface area contributed by atoms with Gasteiger partial charge in [-0.3, -0.25) is 9.18 Å². The summed E-state index contributed by atoms with van der Waals surface area (Å²) in [5, 5.41) is 3.51. The summed E-state index contributed by atoms with van der Waals surface area (Å²) in [7, 11) is 1.43. The molecule has 0 aliphatic heterocycles. The number of oxime groups is 1. The highest BCUT2D eigenvalue weighted by Gasteiger charge is 2.25. The fourth-order valence-electron chi connectivity index (χ4n) is 1.78. The van der Waals surface area contributed by atoms with Gasteiger partial charge in [0.05, 0.1) is 13.0 Å². The normalized spacial score (nSPS) is 27.6. The Labute approximate surface area is 88.4 Å². The van der Waals surface area contributed by atoms with Gasteiger partial charge in [-0.15, -0.1) is 0 Å². The van der Waals surface area contributed by atoms with Crippen molar-refractivity contribution in [2.24, 2.45) is 17.0 Å². The van der Waals surface area contributed by atoms with Gasteiger partial charge in [0.1, 0.15) is 0 Å². The lowest BCUT2D eigenvalue weighted by Gasteiger charge is -2.23. The molecule has 0 bridgehead atoms. The van der Waals surface area contributed by atoms with Gasteiger partial charge in [0.25, 0.3) is 0 Å². The molecule has 0 aromatic carbocycles. The zero-order valence-corrected chi connectivity index (χ0v) is 8.87. The third kappa shape index (κ3) is 3.18. The molecule has 0 unspecified atom stereocenters. The molecular weight excluding hydrogens is 206 g/mol. The molecule has 14 heavy (non-hydrogen) atoms. The molecule has 1 fully saturated rings. The Morgan fingerprint density at radius 3 is 2.57 bits per heavy atom. The SMILES string of the molecule is COC(=O)C1CCC(/C=N/OCl)CC1. The molecule has 80 valence electrons. The molecule has 0 radical (unpaired) electrons. The van der Waals surface area contributed by atoms with Gasteiger partial charge in [0.2, 0.25) is 0 Å². The van der Waals surface area contributed by atoms with Crippen LogP contribution in [0.15, 0.2) is 5.16 Å². The molecule has 0 aromatic rings. The zero-order valence-electron chi connectivity index (χ0n) is 8.11. The molecular formula is C9H14ClNO3. The summed E-state index contributed by atoms with van der Waals surface area (Å²) in [6.07, 6.45) is 5.27. The fourth-order valence-corrected chi connectivity index (χ4v) is 1.83. The lowest BCUT2D eigenvalue weighted by Crippen LogP contribution is -2.23. The number of hydrogen-bond donors (Lipinski definition) is 0. The third-order valence-corrected chi connectivity index (χ3v) is 2.70. The molecule has 0 spiro atoms. The van der Waals surface area contributed by atoms with E-state index in [1.54, 1.807) is 6.21 Å². The summed E-state index contributed by atoms with van der Waals surface area (Å²) in [5.41, 5.74) is 0. The molecule has 0 N–H and O–H groups in total. The molecule has 0 amide bonds. The van der Waals surface area contributed by atoms with Crippen molar-refractivity contribution in [2.75, 3.05) is 7.11 Å². The summed E-state index contributed by atoms with van der Waals surface area (Å²) < 4.78 is 8.78. The smallest absolute Gasteiger partial charge is 0.308 e. The first-order chi connectivity index (χ1) is 6.77. The van der Waals surface area contributed by atoms with Gasteiger partial charge in [-0.2, -0.15) is 0 Å². The first-order valence-electron chi connectivity index (χ1n) is 4.67. The number of rotatable bonds is 3. The van der Waals surface area contributed by atoms with Crippen molar-refractivity contribution < 1.29 is 13.9 Å². The van der Waals surface area contributed by atoms with Crippen LogP contribution < -0.4 is 0 Å². The summed E-state index contributed by atoms with van der Waals surface area (Å²) in [6, 6.07) is 0. The van der Waals surface area contributed by atoms with E-state index in [2.05, 4.69) is 14.3 Å². The van der Waals surface area contributed by atoms with Crippen LogP contribution >= 0.6 is 11.9 Å². The second kappa shape index (κ2) is 5.86. The van der Waals surface area contributed by atoms with Gasteiger partial charge in [-0.05, 0) is 31.6 Å². The Bertz CT molecular complexity index is 212. The molecule has 0 saturated heterocycles. The van der Waals surface area contributed by atoms with Crippen molar-refractivity contribution in [3.05, 3.63) is 0 Å². The summed E-state index contributed by atoms with van der Waals surface area (Å²) in [6.45, 7) is 0. The Morgan fingerprint density at radius 1 is 1.43 bits per heavy atom. The second-order valence-corrected chi connectivity index (χ2v) is 3.60. The van der Waals surface area contributed by atoms with E-state index in [1.807, 2.05) is 0 Å². The van der Waals surface area contributed by atoms with Crippen LogP contribution in [0.1, 0.15) is 25.7 Å². The van der Waals surface area contributed by atoms with E-state index in [4.69, 9.17) is 11.9 Å². The molecule has 5 heteroatoms. The minimum Gasteiger partial charge on any atom is -0.469 e. The Balaban J connectivity index is 2.31. The largest absolute Gasteiger partial charge is 0.469 e. The number of hydrogen-bond acceptors (Lipinski definition) is 4. The summed E-state index contributed by atoms with van der Waals surface area (Å²) >= 11 is 4.95. The van der Waals surface area contributed by atoms with Gasteiger partial charge in [-0.25, -0.2) is 0 Å². The van der Waals surface area contributed by atoms with Crippen molar-refractivity contribution in [1.82, 2.24) is 0 Å². The van der Waals surface area contributed by atoms with Gasteiger partial charge in [-0.1, -0.05) is 5.16 Å². The number of nitrogens with zero attached hydrogens (tertiary/aromatic N) is 1. The van der Waals surface area contributed by atoms with Crippen molar-refractivity contribution in [3.63, 3.8) is 0 Å². The highest BCUT2D eigenvalue weighted by Crippen LogP contribution is 2.28. The maximum Gasteiger partial charge on any atom is 0.308 e.